The zero-order valence-corrected chi connectivity index (χ0v) is 30.3. The van der Waals surface area contributed by atoms with Crippen molar-refractivity contribution in [1.29, 1.82) is 0 Å². The molecule has 0 aromatic carbocycles. The second-order valence-electron chi connectivity index (χ2n) is 12.3. The maximum Gasteiger partial charge on any atom is 0.0465 e. The van der Waals surface area contributed by atoms with Crippen molar-refractivity contribution < 1.29 is 14.9 Å². The fourth-order valence-electron chi connectivity index (χ4n) is 5.19. The fourth-order valence-corrected chi connectivity index (χ4v) is 5.19. The Morgan fingerprint density at radius 1 is 0.302 bits per heavy atom. The molecule has 0 unspecified atom stereocenters. The fraction of sp³-hybridized carbons (Fsp3) is 0.900. The zero-order chi connectivity index (χ0) is 30.9. The molecule has 2 N–H and O–H groups in total. The summed E-state index contributed by atoms with van der Waals surface area (Å²) in [6.07, 6.45) is 48.0. The third-order valence-corrected chi connectivity index (χ3v) is 8.01. The van der Waals surface area contributed by atoms with Gasteiger partial charge < -0.3 is 14.9 Å². The standard InChI is InChI=1S/2C20H40O.H2O/c2*1-3-5-6-7-8-9-10-11-12-13-14-15-16-17-18-19-20-21-4-2;/h2*11-12H,3-10,13-20H2,1-2H3;1H2/b2*12-11-;. The predicted octanol–water partition coefficient (Wildman–Crippen LogP) is 13.3. The lowest BCUT2D eigenvalue weighted by atomic mass is 10.1. The largest absolute Gasteiger partial charge is 0.412 e. The molecular formula is C40H82O3. The number of hydrogen-bond acceptors (Lipinski definition) is 2. The van der Waals surface area contributed by atoms with Crippen LogP contribution in [0.2, 0.25) is 0 Å². The minimum absolute atomic E-state index is 0. The van der Waals surface area contributed by atoms with Crippen LogP contribution in [0.4, 0.5) is 0 Å². The molecule has 0 atom stereocenters. The first-order valence-corrected chi connectivity index (χ1v) is 19.3. The average Bonchev–Trinajstić information content (AvgIpc) is 3.00. The van der Waals surface area contributed by atoms with Crippen molar-refractivity contribution in [3.63, 3.8) is 0 Å². The van der Waals surface area contributed by atoms with Gasteiger partial charge in [0.15, 0.2) is 0 Å². The Labute approximate surface area is 272 Å². The Kier molecular flexibility index (Phi) is 52.5. The van der Waals surface area contributed by atoms with Crippen LogP contribution < -0.4 is 0 Å². The number of ether oxygens (including phenoxy) is 2. The van der Waals surface area contributed by atoms with E-state index in [0.29, 0.717) is 0 Å². The topological polar surface area (TPSA) is 50.0 Å². The summed E-state index contributed by atoms with van der Waals surface area (Å²) in [4.78, 5) is 0. The number of rotatable bonds is 34. The second kappa shape index (κ2) is 48.3. The molecule has 0 radical (unpaired) electrons. The molecule has 0 aromatic rings. The second-order valence-corrected chi connectivity index (χ2v) is 12.3. The van der Waals surface area contributed by atoms with Gasteiger partial charge in [0.25, 0.3) is 0 Å². The van der Waals surface area contributed by atoms with Crippen LogP contribution in [0, 0.1) is 0 Å². The minimum atomic E-state index is 0. The molecule has 0 aliphatic rings. The Hall–Kier alpha value is -0.640. The summed E-state index contributed by atoms with van der Waals surface area (Å²) in [5.41, 5.74) is 0. The first kappa shape index (κ1) is 46.8. The summed E-state index contributed by atoms with van der Waals surface area (Å²) < 4.78 is 10.7. The summed E-state index contributed by atoms with van der Waals surface area (Å²) in [5, 5.41) is 0. The van der Waals surface area contributed by atoms with E-state index in [1.807, 2.05) is 0 Å². The summed E-state index contributed by atoms with van der Waals surface area (Å²) in [5.74, 6) is 0. The van der Waals surface area contributed by atoms with Gasteiger partial charge in [-0.05, 0) is 78.1 Å². The molecule has 0 saturated heterocycles. The van der Waals surface area contributed by atoms with E-state index in [1.165, 1.54) is 180 Å². The highest BCUT2D eigenvalue weighted by Crippen LogP contribution is 2.11. The van der Waals surface area contributed by atoms with E-state index in [9.17, 15) is 0 Å². The number of hydrogen-bond donors (Lipinski definition) is 0. The van der Waals surface area contributed by atoms with Crippen molar-refractivity contribution in [2.24, 2.45) is 0 Å². The van der Waals surface area contributed by atoms with Crippen LogP contribution in [-0.2, 0) is 9.47 Å². The Morgan fingerprint density at radius 3 is 0.791 bits per heavy atom. The smallest absolute Gasteiger partial charge is 0.0465 e. The summed E-state index contributed by atoms with van der Waals surface area (Å²) in [7, 11) is 0. The molecule has 0 spiro atoms. The van der Waals surface area contributed by atoms with Gasteiger partial charge in [-0.25, -0.2) is 0 Å². The average molecular weight is 611 g/mol. The van der Waals surface area contributed by atoms with Crippen LogP contribution in [0.5, 0.6) is 0 Å². The third kappa shape index (κ3) is 51.2. The first-order chi connectivity index (χ1) is 20.8. The molecule has 260 valence electrons. The first-order valence-electron chi connectivity index (χ1n) is 19.3. The van der Waals surface area contributed by atoms with E-state index in [-0.39, 0.29) is 5.48 Å². The molecule has 3 nitrogen and oxygen atoms in total. The quantitative estimate of drug-likeness (QED) is 0.0537. The molecule has 0 fully saturated rings. The van der Waals surface area contributed by atoms with Gasteiger partial charge in [-0.1, -0.05) is 154 Å². The molecule has 43 heavy (non-hydrogen) atoms. The molecule has 0 aromatic heterocycles. The van der Waals surface area contributed by atoms with E-state index < -0.39 is 0 Å². The van der Waals surface area contributed by atoms with Crippen molar-refractivity contribution in [2.45, 2.75) is 207 Å². The monoisotopic (exact) mass is 611 g/mol. The highest BCUT2D eigenvalue weighted by Gasteiger charge is 1.93. The van der Waals surface area contributed by atoms with Crippen LogP contribution >= 0.6 is 0 Å². The lowest BCUT2D eigenvalue weighted by Gasteiger charge is -2.01. The Balaban J connectivity index is -0.000000727. The minimum Gasteiger partial charge on any atom is -0.412 e. The highest BCUT2D eigenvalue weighted by atomic mass is 16.5. The van der Waals surface area contributed by atoms with Crippen LogP contribution in [0.15, 0.2) is 24.3 Å². The van der Waals surface area contributed by atoms with Crippen LogP contribution in [-0.4, -0.2) is 31.9 Å². The van der Waals surface area contributed by atoms with E-state index in [2.05, 4.69) is 52.0 Å². The van der Waals surface area contributed by atoms with E-state index in [4.69, 9.17) is 9.47 Å². The van der Waals surface area contributed by atoms with Gasteiger partial charge in [0.2, 0.25) is 0 Å². The molecule has 0 amide bonds. The zero-order valence-electron chi connectivity index (χ0n) is 30.3. The van der Waals surface area contributed by atoms with Gasteiger partial charge in [0.1, 0.15) is 0 Å². The molecule has 0 heterocycles. The van der Waals surface area contributed by atoms with Gasteiger partial charge >= 0.3 is 0 Å². The molecule has 0 rings (SSSR count). The van der Waals surface area contributed by atoms with E-state index in [0.717, 1.165) is 26.4 Å². The number of allylic oxidation sites excluding steroid dienone is 4. The van der Waals surface area contributed by atoms with E-state index >= 15 is 0 Å². The Morgan fingerprint density at radius 2 is 0.535 bits per heavy atom. The molecular weight excluding hydrogens is 528 g/mol. The predicted molar refractivity (Wildman–Crippen MR) is 196 cm³/mol. The maximum atomic E-state index is 5.34. The van der Waals surface area contributed by atoms with Crippen LogP contribution in [0.25, 0.3) is 0 Å². The lowest BCUT2D eigenvalue weighted by molar-refractivity contribution is 0.142. The highest BCUT2D eigenvalue weighted by molar-refractivity contribution is 4.82. The molecule has 0 saturated carbocycles. The van der Waals surface area contributed by atoms with Gasteiger partial charge in [-0.2, -0.15) is 0 Å². The number of unbranched alkanes of at least 4 members (excludes halogenated alkanes) is 24. The molecule has 0 aliphatic carbocycles. The van der Waals surface area contributed by atoms with Crippen molar-refractivity contribution in [1.82, 2.24) is 0 Å². The molecule has 0 bridgehead atoms. The lowest BCUT2D eigenvalue weighted by Crippen LogP contribution is -1.92. The van der Waals surface area contributed by atoms with Crippen LogP contribution in [0.1, 0.15) is 207 Å². The van der Waals surface area contributed by atoms with Crippen molar-refractivity contribution in [2.75, 3.05) is 26.4 Å². The molecule has 0 aliphatic heterocycles. The van der Waals surface area contributed by atoms with Gasteiger partial charge in [-0.3, -0.25) is 0 Å². The van der Waals surface area contributed by atoms with E-state index in [1.54, 1.807) is 0 Å². The van der Waals surface area contributed by atoms with Crippen molar-refractivity contribution >= 4 is 0 Å². The van der Waals surface area contributed by atoms with Gasteiger partial charge in [-0.15, -0.1) is 0 Å². The van der Waals surface area contributed by atoms with Crippen molar-refractivity contribution in [3.05, 3.63) is 24.3 Å². The normalized spacial score (nSPS) is 11.3. The van der Waals surface area contributed by atoms with Gasteiger partial charge in [0, 0.05) is 26.4 Å². The summed E-state index contributed by atoms with van der Waals surface area (Å²) in [6.45, 7) is 12.3. The molecule has 3 heteroatoms. The Bertz CT molecular complexity index is 444. The summed E-state index contributed by atoms with van der Waals surface area (Å²) >= 11 is 0. The summed E-state index contributed by atoms with van der Waals surface area (Å²) in [6, 6.07) is 0. The third-order valence-electron chi connectivity index (χ3n) is 8.01. The van der Waals surface area contributed by atoms with Crippen LogP contribution in [0.3, 0.4) is 0 Å². The SMILES string of the molecule is CCCCCCCC/C=C\CCCCCCCCOCC.CCCCCCCC/C=C\CCCCCCCCOCC.O. The maximum absolute atomic E-state index is 5.34. The van der Waals surface area contributed by atoms with Gasteiger partial charge in [0.05, 0.1) is 0 Å². The van der Waals surface area contributed by atoms with Crippen molar-refractivity contribution in [3.8, 4) is 0 Å².